The van der Waals surface area contributed by atoms with E-state index >= 15 is 0 Å². The average Bonchev–Trinajstić information content (AvgIpc) is 2.39. The molecule has 1 N–H and O–H groups in total. The molecule has 0 unspecified atom stereocenters. The predicted molar refractivity (Wildman–Crippen MR) is 81.4 cm³/mol. The molecule has 2 rings (SSSR count). The van der Waals surface area contributed by atoms with Gasteiger partial charge in [0.05, 0.1) is 4.90 Å². The van der Waals surface area contributed by atoms with Gasteiger partial charge in [0, 0.05) is 11.1 Å². The maximum Gasteiger partial charge on any atom is 0.241 e. The summed E-state index contributed by atoms with van der Waals surface area (Å²) < 4.78 is 27.2. The second-order valence-corrected chi connectivity index (χ2v) is 6.80. The lowest BCUT2D eigenvalue weighted by Crippen LogP contribution is -2.27. The number of rotatable bonds is 4. The molecular weight excluding hydrogens is 294 g/mol. The Morgan fingerprint density at radius 2 is 1.65 bits per heavy atom. The van der Waals surface area contributed by atoms with E-state index in [1.807, 2.05) is 38.1 Å². The summed E-state index contributed by atoms with van der Waals surface area (Å²) in [5, 5.41) is 0.510. The fourth-order valence-corrected chi connectivity index (χ4v) is 3.40. The number of nitrogens with one attached hydrogen (secondary N) is 1. The summed E-state index contributed by atoms with van der Waals surface area (Å²) >= 11 is 5.77. The lowest BCUT2D eigenvalue weighted by molar-refractivity contribution is 0.566. The van der Waals surface area contributed by atoms with Crippen molar-refractivity contribution in [2.24, 2.45) is 0 Å². The van der Waals surface area contributed by atoms with Crippen molar-refractivity contribution in [1.82, 2.24) is 4.72 Å². The van der Waals surface area contributed by atoms with Crippen molar-refractivity contribution in [2.75, 3.05) is 0 Å². The molecule has 0 fully saturated rings. The largest absolute Gasteiger partial charge is 0.241 e. The molecule has 2 aromatic carbocycles. The highest BCUT2D eigenvalue weighted by Gasteiger charge is 2.18. The normalized spacial score (nSPS) is 13.2. The van der Waals surface area contributed by atoms with Crippen molar-refractivity contribution in [3.63, 3.8) is 0 Å². The molecule has 0 aromatic heterocycles. The highest BCUT2D eigenvalue weighted by atomic mass is 35.5. The molecule has 0 aliphatic rings. The van der Waals surface area contributed by atoms with Crippen molar-refractivity contribution >= 4 is 21.6 Å². The van der Waals surface area contributed by atoms with Crippen molar-refractivity contribution in [3.05, 3.63) is 64.7 Å². The van der Waals surface area contributed by atoms with Crippen LogP contribution < -0.4 is 4.72 Å². The molecule has 2 aromatic rings. The molecule has 0 aliphatic carbocycles. The van der Waals surface area contributed by atoms with Crippen LogP contribution in [0.15, 0.2) is 53.4 Å². The van der Waals surface area contributed by atoms with Crippen LogP contribution in [0, 0.1) is 6.92 Å². The SMILES string of the molecule is Cc1ccccc1[C@H](C)NS(=O)(=O)c1ccc(Cl)cc1. The molecule has 0 radical (unpaired) electrons. The summed E-state index contributed by atoms with van der Waals surface area (Å²) in [4.78, 5) is 0.210. The quantitative estimate of drug-likeness (QED) is 0.936. The minimum atomic E-state index is -3.55. The lowest BCUT2D eigenvalue weighted by atomic mass is 10.0. The highest BCUT2D eigenvalue weighted by molar-refractivity contribution is 7.89. The molecule has 0 saturated heterocycles. The second-order valence-electron chi connectivity index (χ2n) is 4.65. The number of hydrogen-bond acceptors (Lipinski definition) is 2. The Morgan fingerprint density at radius 3 is 2.25 bits per heavy atom. The fourth-order valence-electron chi connectivity index (χ4n) is 2.05. The zero-order chi connectivity index (χ0) is 14.8. The summed E-state index contributed by atoms with van der Waals surface area (Å²) in [6, 6.07) is 13.5. The van der Waals surface area contributed by atoms with Crippen LogP contribution in [0.25, 0.3) is 0 Å². The molecule has 20 heavy (non-hydrogen) atoms. The van der Waals surface area contributed by atoms with Gasteiger partial charge in [-0.05, 0) is 49.2 Å². The molecule has 1 atom stereocenters. The zero-order valence-corrected chi connectivity index (χ0v) is 12.9. The van der Waals surface area contributed by atoms with Crippen LogP contribution in [0.4, 0.5) is 0 Å². The Morgan fingerprint density at radius 1 is 1.05 bits per heavy atom. The van der Waals surface area contributed by atoms with E-state index in [1.54, 1.807) is 12.1 Å². The molecular formula is C15H16ClNO2S. The number of sulfonamides is 1. The molecule has 0 bridgehead atoms. The topological polar surface area (TPSA) is 46.2 Å². The third-order valence-corrected chi connectivity index (χ3v) is 4.92. The summed E-state index contributed by atoms with van der Waals surface area (Å²) in [5.41, 5.74) is 2.02. The molecule has 0 aliphatic heterocycles. The van der Waals surface area contributed by atoms with E-state index in [9.17, 15) is 8.42 Å². The van der Waals surface area contributed by atoms with Gasteiger partial charge in [0.25, 0.3) is 0 Å². The Labute approximate surface area is 124 Å². The van der Waals surface area contributed by atoms with Gasteiger partial charge in [0.2, 0.25) is 10.0 Å². The van der Waals surface area contributed by atoms with Gasteiger partial charge >= 0.3 is 0 Å². The first-order valence-electron chi connectivity index (χ1n) is 6.23. The Bertz CT molecular complexity index is 696. The van der Waals surface area contributed by atoms with Crippen molar-refractivity contribution in [1.29, 1.82) is 0 Å². The molecule has 0 saturated carbocycles. The lowest BCUT2D eigenvalue weighted by Gasteiger charge is -2.16. The third-order valence-electron chi connectivity index (χ3n) is 3.11. The smallest absolute Gasteiger partial charge is 0.207 e. The van der Waals surface area contributed by atoms with Gasteiger partial charge in [-0.25, -0.2) is 13.1 Å². The molecule has 0 heterocycles. The molecule has 3 nitrogen and oxygen atoms in total. The predicted octanol–water partition coefficient (Wildman–Crippen LogP) is 3.69. The Kier molecular flexibility index (Phi) is 4.48. The number of benzene rings is 2. The first-order valence-corrected chi connectivity index (χ1v) is 8.10. The van der Waals surface area contributed by atoms with E-state index in [2.05, 4.69) is 4.72 Å². The van der Waals surface area contributed by atoms with Gasteiger partial charge in [0.1, 0.15) is 0 Å². The molecule has 5 heteroatoms. The van der Waals surface area contributed by atoms with Crippen LogP contribution >= 0.6 is 11.6 Å². The first-order chi connectivity index (χ1) is 9.40. The summed E-state index contributed by atoms with van der Waals surface area (Å²) in [6.07, 6.45) is 0. The van der Waals surface area contributed by atoms with Crippen LogP contribution in [0.3, 0.4) is 0 Å². The molecule has 106 valence electrons. The van der Waals surface area contributed by atoms with Crippen LogP contribution in [0.1, 0.15) is 24.1 Å². The summed E-state index contributed by atoms with van der Waals surface area (Å²) in [7, 11) is -3.55. The van der Waals surface area contributed by atoms with Crippen molar-refractivity contribution < 1.29 is 8.42 Å². The first kappa shape index (κ1) is 15.0. The standard InChI is InChI=1S/C15H16ClNO2S/c1-11-5-3-4-6-15(11)12(2)17-20(18,19)14-9-7-13(16)8-10-14/h3-10,12,17H,1-2H3/t12-/m0/s1. The van der Waals surface area contributed by atoms with Crippen LogP contribution in [0.2, 0.25) is 5.02 Å². The second kappa shape index (κ2) is 5.95. The number of halogens is 1. The Balaban J connectivity index is 2.24. The molecule has 0 spiro atoms. The van der Waals surface area contributed by atoms with Gasteiger partial charge in [-0.1, -0.05) is 35.9 Å². The maximum absolute atomic E-state index is 12.3. The zero-order valence-electron chi connectivity index (χ0n) is 11.3. The average molecular weight is 310 g/mol. The van der Waals surface area contributed by atoms with E-state index in [1.165, 1.54) is 12.1 Å². The van der Waals surface area contributed by atoms with E-state index in [-0.39, 0.29) is 10.9 Å². The number of hydrogen-bond donors (Lipinski definition) is 1. The third kappa shape index (κ3) is 3.39. The van der Waals surface area contributed by atoms with Crippen LogP contribution in [0.5, 0.6) is 0 Å². The van der Waals surface area contributed by atoms with Gasteiger partial charge in [0.15, 0.2) is 0 Å². The van der Waals surface area contributed by atoms with E-state index in [4.69, 9.17) is 11.6 Å². The summed E-state index contributed by atoms with van der Waals surface area (Å²) in [5.74, 6) is 0. The van der Waals surface area contributed by atoms with Gasteiger partial charge < -0.3 is 0 Å². The van der Waals surface area contributed by atoms with Gasteiger partial charge in [-0.15, -0.1) is 0 Å². The van der Waals surface area contributed by atoms with E-state index < -0.39 is 10.0 Å². The monoisotopic (exact) mass is 309 g/mol. The highest BCUT2D eigenvalue weighted by Crippen LogP contribution is 2.20. The van der Waals surface area contributed by atoms with Gasteiger partial charge in [-0.3, -0.25) is 0 Å². The number of aryl methyl sites for hydroxylation is 1. The minimum Gasteiger partial charge on any atom is -0.207 e. The summed E-state index contributed by atoms with van der Waals surface area (Å²) in [6.45, 7) is 3.79. The Hall–Kier alpha value is -1.36. The maximum atomic E-state index is 12.3. The fraction of sp³-hybridized carbons (Fsp3) is 0.200. The van der Waals surface area contributed by atoms with Crippen LogP contribution in [-0.2, 0) is 10.0 Å². The van der Waals surface area contributed by atoms with Gasteiger partial charge in [-0.2, -0.15) is 0 Å². The minimum absolute atomic E-state index is 0.210. The van der Waals surface area contributed by atoms with E-state index in [0.29, 0.717) is 5.02 Å². The van der Waals surface area contributed by atoms with Crippen LogP contribution in [-0.4, -0.2) is 8.42 Å². The van der Waals surface area contributed by atoms with E-state index in [0.717, 1.165) is 11.1 Å². The van der Waals surface area contributed by atoms with Crippen molar-refractivity contribution in [2.45, 2.75) is 24.8 Å². The molecule has 0 amide bonds. The van der Waals surface area contributed by atoms with Crippen molar-refractivity contribution in [3.8, 4) is 0 Å².